The predicted octanol–water partition coefficient (Wildman–Crippen LogP) is 1.13. The summed E-state index contributed by atoms with van der Waals surface area (Å²) in [6.07, 6.45) is 5.04. The molecule has 1 heterocycles. The fourth-order valence-electron chi connectivity index (χ4n) is 1.80. The third kappa shape index (κ3) is 3.35. The summed E-state index contributed by atoms with van der Waals surface area (Å²) in [5.41, 5.74) is 5.88. The highest BCUT2D eigenvalue weighted by atomic mass is 16.2. The minimum atomic E-state index is 0.173. The number of likely N-dealkylation sites (tertiary alicyclic amines) is 1. The zero-order chi connectivity index (χ0) is 9.68. The maximum absolute atomic E-state index is 11.4. The van der Waals surface area contributed by atoms with Crippen LogP contribution >= 0.6 is 0 Å². The van der Waals surface area contributed by atoms with Crippen LogP contribution < -0.4 is 5.73 Å². The van der Waals surface area contributed by atoms with Gasteiger partial charge >= 0.3 is 0 Å². The fraction of sp³-hybridized carbons (Fsp3) is 0.900. The van der Waals surface area contributed by atoms with Crippen molar-refractivity contribution in [2.45, 2.75) is 45.1 Å². The summed E-state index contributed by atoms with van der Waals surface area (Å²) in [4.78, 5) is 13.3. The van der Waals surface area contributed by atoms with Gasteiger partial charge in [0, 0.05) is 25.6 Å². The summed E-state index contributed by atoms with van der Waals surface area (Å²) in [6, 6.07) is 0.173. The van der Waals surface area contributed by atoms with Crippen LogP contribution in [0.4, 0.5) is 0 Å². The third-order valence-electron chi connectivity index (χ3n) is 2.54. The molecule has 1 rings (SSSR count). The van der Waals surface area contributed by atoms with Crippen LogP contribution in [0, 0.1) is 0 Å². The van der Waals surface area contributed by atoms with Crippen molar-refractivity contribution >= 4 is 5.91 Å². The molecule has 1 aliphatic rings. The molecule has 2 N–H and O–H groups in total. The third-order valence-corrected chi connectivity index (χ3v) is 2.54. The molecular formula is C10H20N2O. The molecule has 0 aliphatic carbocycles. The summed E-state index contributed by atoms with van der Waals surface area (Å²) in [7, 11) is 0. The van der Waals surface area contributed by atoms with E-state index in [1.54, 1.807) is 0 Å². The number of carbonyl (C=O) groups excluding carboxylic acids is 1. The molecule has 0 aromatic carbocycles. The van der Waals surface area contributed by atoms with Crippen molar-refractivity contribution in [2.75, 3.05) is 13.1 Å². The fourth-order valence-corrected chi connectivity index (χ4v) is 1.80. The van der Waals surface area contributed by atoms with E-state index in [-0.39, 0.29) is 11.9 Å². The number of nitrogens with two attached hydrogens (primary N) is 1. The first-order chi connectivity index (χ1) is 6.24. The zero-order valence-electron chi connectivity index (χ0n) is 8.46. The van der Waals surface area contributed by atoms with Crippen LogP contribution in [0.25, 0.3) is 0 Å². The van der Waals surface area contributed by atoms with Crippen LogP contribution in [0.15, 0.2) is 0 Å². The van der Waals surface area contributed by atoms with E-state index >= 15 is 0 Å². The van der Waals surface area contributed by atoms with Gasteiger partial charge in [0.1, 0.15) is 0 Å². The van der Waals surface area contributed by atoms with Gasteiger partial charge in [0.2, 0.25) is 5.91 Å². The second-order valence-electron chi connectivity index (χ2n) is 3.85. The molecule has 0 aromatic heterocycles. The molecule has 1 aliphatic heterocycles. The molecule has 0 spiro atoms. The van der Waals surface area contributed by atoms with Gasteiger partial charge in [0.05, 0.1) is 0 Å². The van der Waals surface area contributed by atoms with E-state index in [4.69, 9.17) is 5.73 Å². The average molecular weight is 184 g/mol. The Kier molecular flexibility index (Phi) is 4.22. The van der Waals surface area contributed by atoms with Gasteiger partial charge in [-0.2, -0.15) is 0 Å². The molecule has 1 fully saturated rings. The summed E-state index contributed by atoms with van der Waals surface area (Å²) in [5.74, 6) is 0.290. The molecule has 76 valence electrons. The van der Waals surface area contributed by atoms with Gasteiger partial charge in [0.15, 0.2) is 0 Å². The number of piperidine rings is 1. The number of hydrogen-bond acceptors (Lipinski definition) is 2. The standard InChI is InChI=1S/C10H20N2O/c1-2-5-9(11)8-12-7-4-3-6-10(12)13/h9H,2-8,11H2,1H3/t9-/m1/s1. The summed E-state index contributed by atoms with van der Waals surface area (Å²) < 4.78 is 0. The summed E-state index contributed by atoms with van der Waals surface area (Å²) in [5, 5.41) is 0. The largest absolute Gasteiger partial charge is 0.341 e. The Morgan fingerprint density at radius 1 is 1.54 bits per heavy atom. The van der Waals surface area contributed by atoms with Gasteiger partial charge in [-0.1, -0.05) is 13.3 Å². The van der Waals surface area contributed by atoms with E-state index in [0.29, 0.717) is 0 Å². The van der Waals surface area contributed by atoms with Crippen LogP contribution in [-0.2, 0) is 4.79 Å². The first-order valence-electron chi connectivity index (χ1n) is 5.27. The van der Waals surface area contributed by atoms with Gasteiger partial charge in [-0.3, -0.25) is 4.79 Å². The molecule has 13 heavy (non-hydrogen) atoms. The van der Waals surface area contributed by atoms with Gasteiger partial charge in [0.25, 0.3) is 0 Å². The van der Waals surface area contributed by atoms with Crippen molar-refractivity contribution < 1.29 is 4.79 Å². The van der Waals surface area contributed by atoms with Crippen molar-refractivity contribution in [3.05, 3.63) is 0 Å². The topological polar surface area (TPSA) is 46.3 Å². The Labute approximate surface area is 80.3 Å². The van der Waals surface area contributed by atoms with E-state index in [2.05, 4.69) is 6.92 Å². The molecule has 0 unspecified atom stereocenters. The van der Waals surface area contributed by atoms with Crippen LogP contribution in [-0.4, -0.2) is 29.9 Å². The first kappa shape index (κ1) is 10.5. The Morgan fingerprint density at radius 3 is 2.92 bits per heavy atom. The van der Waals surface area contributed by atoms with E-state index in [9.17, 15) is 4.79 Å². The van der Waals surface area contributed by atoms with Crippen LogP contribution in [0.3, 0.4) is 0 Å². The lowest BCUT2D eigenvalue weighted by atomic mass is 10.1. The Hall–Kier alpha value is -0.570. The van der Waals surface area contributed by atoms with E-state index < -0.39 is 0 Å². The number of carbonyl (C=O) groups is 1. The highest BCUT2D eigenvalue weighted by Gasteiger charge is 2.19. The molecule has 1 amide bonds. The Bertz CT molecular complexity index is 170. The molecule has 1 atom stereocenters. The summed E-state index contributed by atoms with van der Waals surface area (Å²) >= 11 is 0. The van der Waals surface area contributed by atoms with Gasteiger partial charge < -0.3 is 10.6 Å². The van der Waals surface area contributed by atoms with Crippen molar-refractivity contribution in [3.63, 3.8) is 0 Å². The van der Waals surface area contributed by atoms with E-state index in [1.165, 1.54) is 0 Å². The molecule has 0 aromatic rings. The zero-order valence-corrected chi connectivity index (χ0v) is 8.46. The lowest BCUT2D eigenvalue weighted by Gasteiger charge is -2.29. The van der Waals surface area contributed by atoms with Crippen molar-refractivity contribution in [3.8, 4) is 0 Å². The van der Waals surface area contributed by atoms with E-state index in [0.717, 1.165) is 45.2 Å². The first-order valence-corrected chi connectivity index (χ1v) is 5.27. The van der Waals surface area contributed by atoms with Crippen molar-refractivity contribution in [1.29, 1.82) is 0 Å². The Morgan fingerprint density at radius 2 is 2.31 bits per heavy atom. The molecule has 3 heteroatoms. The van der Waals surface area contributed by atoms with E-state index in [1.807, 2.05) is 4.90 Å². The number of amides is 1. The van der Waals surface area contributed by atoms with Crippen molar-refractivity contribution in [2.24, 2.45) is 5.73 Å². The van der Waals surface area contributed by atoms with Gasteiger partial charge in [-0.15, -0.1) is 0 Å². The summed E-state index contributed by atoms with van der Waals surface area (Å²) in [6.45, 7) is 3.79. The monoisotopic (exact) mass is 184 g/mol. The highest BCUT2D eigenvalue weighted by Crippen LogP contribution is 2.11. The second-order valence-corrected chi connectivity index (χ2v) is 3.85. The number of nitrogens with zero attached hydrogens (tertiary/aromatic N) is 1. The number of rotatable bonds is 4. The Balaban J connectivity index is 2.29. The molecular weight excluding hydrogens is 164 g/mol. The SMILES string of the molecule is CCC[C@@H](N)CN1CCCCC1=O. The minimum Gasteiger partial charge on any atom is -0.341 e. The minimum absolute atomic E-state index is 0.173. The second kappa shape index (κ2) is 5.22. The maximum Gasteiger partial charge on any atom is 0.222 e. The van der Waals surface area contributed by atoms with Gasteiger partial charge in [-0.05, 0) is 19.3 Å². The quantitative estimate of drug-likeness (QED) is 0.712. The van der Waals surface area contributed by atoms with Gasteiger partial charge in [-0.25, -0.2) is 0 Å². The predicted molar refractivity (Wildman–Crippen MR) is 53.3 cm³/mol. The molecule has 0 bridgehead atoms. The van der Waals surface area contributed by atoms with Crippen LogP contribution in [0.2, 0.25) is 0 Å². The molecule has 0 radical (unpaired) electrons. The molecule has 0 saturated carbocycles. The van der Waals surface area contributed by atoms with Crippen molar-refractivity contribution in [1.82, 2.24) is 4.90 Å². The smallest absolute Gasteiger partial charge is 0.222 e. The van der Waals surface area contributed by atoms with Crippen LogP contribution in [0.5, 0.6) is 0 Å². The molecule has 1 saturated heterocycles. The normalized spacial score (nSPS) is 20.5. The lowest BCUT2D eigenvalue weighted by molar-refractivity contribution is -0.133. The molecule has 3 nitrogen and oxygen atoms in total. The maximum atomic E-state index is 11.4. The lowest BCUT2D eigenvalue weighted by Crippen LogP contribution is -2.43. The average Bonchev–Trinajstić information content (AvgIpc) is 2.09. The number of hydrogen-bond donors (Lipinski definition) is 1. The van der Waals surface area contributed by atoms with Crippen LogP contribution in [0.1, 0.15) is 39.0 Å². The highest BCUT2D eigenvalue weighted by molar-refractivity contribution is 5.76.